The van der Waals surface area contributed by atoms with Gasteiger partial charge in [-0.25, -0.2) is 14.6 Å². The molecule has 3 rings (SSSR count). The molecule has 0 saturated heterocycles. The maximum atomic E-state index is 12.2. The Labute approximate surface area is 166 Å². The van der Waals surface area contributed by atoms with E-state index in [0.29, 0.717) is 23.8 Å². The van der Waals surface area contributed by atoms with Crippen LogP contribution in [0.2, 0.25) is 0 Å². The van der Waals surface area contributed by atoms with Crippen LogP contribution in [0.5, 0.6) is 0 Å². The molecule has 0 fully saturated rings. The van der Waals surface area contributed by atoms with Gasteiger partial charge in [-0.2, -0.15) is 5.10 Å². The molecule has 3 aromatic heterocycles. The van der Waals surface area contributed by atoms with Gasteiger partial charge in [0.05, 0.1) is 23.7 Å². The molecule has 1 amide bonds. The van der Waals surface area contributed by atoms with Gasteiger partial charge in [0.1, 0.15) is 5.82 Å². The molecule has 0 saturated carbocycles. The lowest BCUT2D eigenvalue weighted by Crippen LogP contribution is -2.28. The van der Waals surface area contributed by atoms with Gasteiger partial charge in [-0.15, -0.1) is 0 Å². The zero-order chi connectivity index (χ0) is 19.9. The number of anilines is 1. The fourth-order valence-corrected chi connectivity index (χ4v) is 3.17. The van der Waals surface area contributed by atoms with Crippen LogP contribution in [0.15, 0.2) is 34.5 Å². The number of carbonyl (C=O) groups is 1. The number of pyridine rings is 1. The lowest BCUT2D eigenvalue weighted by Gasteiger charge is -2.09. The molecular weight excluding hydrogens is 378 g/mol. The molecule has 0 aliphatic heterocycles. The molecule has 28 heavy (non-hydrogen) atoms. The van der Waals surface area contributed by atoms with Gasteiger partial charge in [0.2, 0.25) is 5.56 Å². The minimum absolute atomic E-state index is 0.243. The first-order valence-electron chi connectivity index (χ1n) is 9.19. The maximum absolute atomic E-state index is 12.2. The number of fused-ring (bicyclic) bond motifs is 1. The summed E-state index contributed by atoms with van der Waals surface area (Å²) >= 11 is 1.57. The smallest absolute Gasteiger partial charge is 0.252 e. The largest absolute Gasteiger partial charge is 0.369 e. The van der Waals surface area contributed by atoms with E-state index in [1.807, 2.05) is 0 Å². The molecule has 0 radical (unpaired) electrons. The Kier molecular flexibility index (Phi) is 6.64. The third-order valence-corrected chi connectivity index (χ3v) is 4.68. The van der Waals surface area contributed by atoms with Crippen LogP contribution in [0, 0.1) is 0 Å². The predicted molar refractivity (Wildman–Crippen MR) is 110 cm³/mol. The van der Waals surface area contributed by atoms with E-state index in [1.54, 1.807) is 22.6 Å². The SMILES string of the molecule is CCCNc1nc(SCC)nc2c1cnn2CCNC(=O)c1ccc(=O)[nH]c1. The van der Waals surface area contributed by atoms with Crippen molar-refractivity contribution >= 4 is 34.5 Å². The van der Waals surface area contributed by atoms with Crippen molar-refractivity contribution in [2.24, 2.45) is 0 Å². The number of nitrogens with one attached hydrogen (secondary N) is 3. The Balaban J connectivity index is 1.73. The van der Waals surface area contributed by atoms with Crippen molar-refractivity contribution in [3.05, 3.63) is 40.4 Å². The molecule has 9 nitrogen and oxygen atoms in total. The molecule has 3 aromatic rings. The van der Waals surface area contributed by atoms with Gasteiger partial charge >= 0.3 is 0 Å². The monoisotopic (exact) mass is 401 g/mol. The van der Waals surface area contributed by atoms with Crippen LogP contribution in [-0.2, 0) is 6.54 Å². The number of nitrogens with zero attached hydrogens (tertiary/aromatic N) is 4. The Morgan fingerprint density at radius 3 is 2.82 bits per heavy atom. The Hall–Kier alpha value is -2.88. The van der Waals surface area contributed by atoms with E-state index >= 15 is 0 Å². The molecule has 0 bridgehead atoms. The molecule has 0 aliphatic carbocycles. The zero-order valence-corrected chi connectivity index (χ0v) is 16.7. The molecule has 0 aromatic carbocycles. The van der Waals surface area contributed by atoms with E-state index in [0.717, 1.165) is 35.6 Å². The van der Waals surface area contributed by atoms with Gasteiger partial charge in [0.25, 0.3) is 5.91 Å². The second-order valence-corrected chi connectivity index (χ2v) is 7.25. The van der Waals surface area contributed by atoms with Gasteiger partial charge in [-0.3, -0.25) is 9.59 Å². The third-order valence-electron chi connectivity index (χ3n) is 3.95. The van der Waals surface area contributed by atoms with E-state index in [9.17, 15) is 9.59 Å². The van der Waals surface area contributed by atoms with E-state index in [2.05, 4.69) is 44.5 Å². The molecule has 148 valence electrons. The van der Waals surface area contributed by atoms with Crippen molar-refractivity contribution < 1.29 is 4.79 Å². The lowest BCUT2D eigenvalue weighted by atomic mass is 10.3. The van der Waals surface area contributed by atoms with Crippen LogP contribution in [0.3, 0.4) is 0 Å². The number of hydrogen-bond acceptors (Lipinski definition) is 7. The molecule has 0 spiro atoms. The van der Waals surface area contributed by atoms with Crippen molar-refractivity contribution in [2.75, 3.05) is 24.2 Å². The standard InChI is InChI=1S/C18H23N7O2S/c1-3-7-19-15-13-11-22-25(16(13)24-18(23-15)28-4-2)9-8-20-17(27)12-5-6-14(26)21-10-12/h5-6,10-11H,3-4,7-9H2,1-2H3,(H,20,27)(H,21,26)(H,19,23,24). The minimum atomic E-state index is -0.255. The minimum Gasteiger partial charge on any atom is -0.369 e. The van der Waals surface area contributed by atoms with Gasteiger partial charge in [0, 0.05) is 25.4 Å². The molecule has 3 N–H and O–H groups in total. The van der Waals surface area contributed by atoms with Gasteiger partial charge < -0.3 is 15.6 Å². The van der Waals surface area contributed by atoms with Crippen LogP contribution >= 0.6 is 11.8 Å². The predicted octanol–water partition coefficient (Wildman–Crippen LogP) is 1.88. The third kappa shape index (κ3) is 4.69. The summed E-state index contributed by atoms with van der Waals surface area (Å²) in [4.78, 5) is 34.9. The summed E-state index contributed by atoms with van der Waals surface area (Å²) in [5.74, 6) is 1.41. The van der Waals surface area contributed by atoms with Crippen LogP contribution in [0.4, 0.5) is 5.82 Å². The van der Waals surface area contributed by atoms with Crippen molar-refractivity contribution in [3.8, 4) is 0 Å². The number of amides is 1. The van der Waals surface area contributed by atoms with E-state index in [-0.39, 0.29) is 11.5 Å². The van der Waals surface area contributed by atoms with Gasteiger partial charge in [-0.05, 0) is 18.2 Å². The molecule has 0 unspecified atom stereocenters. The summed E-state index contributed by atoms with van der Waals surface area (Å²) in [6.07, 6.45) is 4.14. The van der Waals surface area contributed by atoms with Crippen LogP contribution < -0.4 is 16.2 Å². The zero-order valence-electron chi connectivity index (χ0n) is 15.9. The lowest BCUT2D eigenvalue weighted by molar-refractivity contribution is 0.0951. The van der Waals surface area contributed by atoms with E-state index < -0.39 is 0 Å². The second-order valence-electron chi connectivity index (χ2n) is 6.02. The normalized spacial score (nSPS) is 10.9. The fraction of sp³-hybridized carbons (Fsp3) is 0.389. The van der Waals surface area contributed by atoms with Crippen LogP contribution in [-0.4, -0.2) is 49.5 Å². The summed E-state index contributed by atoms with van der Waals surface area (Å²) in [6, 6.07) is 2.81. The summed E-state index contributed by atoms with van der Waals surface area (Å²) in [5, 5.41) is 12.1. The highest BCUT2D eigenvalue weighted by Gasteiger charge is 2.13. The molecule has 10 heteroatoms. The van der Waals surface area contributed by atoms with E-state index in [1.165, 1.54) is 18.3 Å². The van der Waals surface area contributed by atoms with E-state index in [4.69, 9.17) is 0 Å². The molecule has 0 atom stereocenters. The number of thioether (sulfide) groups is 1. The second kappa shape index (κ2) is 9.36. The first kappa shape index (κ1) is 19.9. The average Bonchev–Trinajstić information content (AvgIpc) is 3.10. The number of aromatic nitrogens is 5. The number of aromatic amines is 1. The van der Waals surface area contributed by atoms with Crippen LogP contribution in [0.25, 0.3) is 11.0 Å². The van der Waals surface area contributed by atoms with Crippen molar-refractivity contribution in [2.45, 2.75) is 32.0 Å². The number of rotatable bonds is 9. The molecule has 0 aliphatic rings. The Morgan fingerprint density at radius 2 is 2.11 bits per heavy atom. The maximum Gasteiger partial charge on any atom is 0.252 e. The Morgan fingerprint density at radius 1 is 1.25 bits per heavy atom. The first-order chi connectivity index (χ1) is 13.6. The average molecular weight is 401 g/mol. The van der Waals surface area contributed by atoms with Crippen molar-refractivity contribution in [1.29, 1.82) is 0 Å². The summed E-state index contributed by atoms with van der Waals surface area (Å²) < 4.78 is 1.76. The van der Waals surface area contributed by atoms with Crippen LogP contribution in [0.1, 0.15) is 30.6 Å². The fourth-order valence-electron chi connectivity index (χ4n) is 2.60. The molecular formula is C18H23N7O2S. The summed E-state index contributed by atoms with van der Waals surface area (Å²) in [5.41, 5.74) is 0.898. The number of H-pyrrole nitrogens is 1. The topological polar surface area (TPSA) is 118 Å². The highest BCUT2D eigenvalue weighted by Crippen LogP contribution is 2.24. The summed E-state index contributed by atoms with van der Waals surface area (Å²) in [6.45, 7) is 5.83. The quantitative estimate of drug-likeness (QED) is 0.370. The molecule has 3 heterocycles. The number of carbonyl (C=O) groups excluding carboxylic acids is 1. The van der Waals surface area contributed by atoms with Gasteiger partial charge in [-0.1, -0.05) is 25.6 Å². The van der Waals surface area contributed by atoms with Crippen molar-refractivity contribution in [3.63, 3.8) is 0 Å². The highest BCUT2D eigenvalue weighted by atomic mass is 32.2. The van der Waals surface area contributed by atoms with Gasteiger partial charge in [0.15, 0.2) is 10.8 Å². The Bertz CT molecular complexity index is 994. The highest BCUT2D eigenvalue weighted by molar-refractivity contribution is 7.99. The summed E-state index contributed by atoms with van der Waals surface area (Å²) in [7, 11) is 0. The van der Waals surface area contributed by atoms with Crippen molar-refractivity contribution in [1.82, 2.24) is 30.0 Å². The first-order valence-corrected chi connectivity index (χ1v) is 10.2. The number of hydrogen-bond donors (Lipinski definition) is 3.